The van der Waals surface area contributed by atoms with Crippen LogP contribution in [0, 0.1) is 20.8 Å². The molecule has 2 aromatic heterocycles. The molecular weight excluding hydrogens is 420 g/mol. The number of benzene rings is 2. The molecule has 0 saturated carbocycles. The summed E-state index contributed by atoms with van der Waals surface area (Å²) in [5.74, 6) is 1.87. The zero-order valence-corrected chi connectivity index (χ0v) is 19.7. The average Bonchev–Trinajstić information content (AvgIpc) is 3.34. The second kappa shape index (κ2) is 9.04. The summed E-state index contributed by atoms with van der Waals surface area (Å²) in [4.78, 5) is 12.9. The summed E-state index contributed by atoms with van der Waals surface area (Å²) in [7, 11) is 3.62. The topological polar surface area (TPSA) is 61.9 Å². The van der Waals surface area contributed by atoms with Crippen LogP contribution in [0.2, 0.25) is 0 Å². The monoisotopic (exact) mass is 446 g/mol. The number of aryl methyl sites for hydroxylation is 2. The fourth-order valence-electron chi connectivity index (χ4n) is 3.56. The maximum atomic E-state index is 12.9. The molecule has 0 aliphatic carbocycles. The molecule has 0 unspecified atom stereocenters. The molecule has 32 heavy (non-hydrogen) atoms. The van der Waals surface area contributed by atoms with Crippen molar-refractivity contribution in [2.45, 2.75) is 25.9 Å². The summed E-state index contributed by atoms with van der Waals surface area (Å²) in [6.07, 6.45) is 0. The molecule has 0 atom stereocenters. The van der Waals surface area contributed by atoms with E-state index < -0.39 is 0 Å². The van der Waals surface area contributed by atoms with Crippen molar-refractivity contribution in [2.75, 3.05) is 12.9 Å². The number of aromatic nitrogens is 4. The van der Waals surface area contributed by atoms with E-state index in [1.54, 1.807) is 7.11 Å². The average molecular weight is 447 g/mol. The lowest BCUT2D eigenvalue weighted by Crippen LogP contribution is -2.06. The molecule has 0 spiro atoms. The van der Waals surface area contributed by atoms with Crippen LogP contribution in [0.4, 0.5) is 0 Å². The summed E-state index contributed by atoms with van der Waals surface area (Å²) in [5, 5.41) is 9.57. The van der Waals surface area contributed by atoms with Crippen LogP contribution < -0.4 is 4.74 Å². The Hall–Kier alpha value is -3.32. The molecule has 0 amide bonds. The van der Waals surface area contributed by atoms with Crippen molar-refractivity contribution in [1.82, 2.24) is 19.3 Å². The Balaban J connectivity index is 1.68. The molecule has 2 aromatic carbocycles. The van der Waals surface area contributed by atoms with Gasteiger partial charge in [-0.15, -0.1) is 10.2 Å². The molecule has 4 aromatic rings. The van der Waals surface area contributed by atoms with Gasteiger partial charge >= 0.3 is 0 Å². The van der Waals surface area contributed by atoms with E-state index in [0.717, 1.165) is 39.8 Å². The fourth-order valence-corrected chi connectivity index (χ4v) is 4.40. The number of carbonyl (C=O) groups excluding carboxylic acids is 1. The smallest absolute Gasteiger partial charge is 0.196 e. The Morgan fingerprint density at radius 2 is 1.69 bits per heavy atom. The van der Waals surface area contributed by atoms with Crippen LogP contribution in [-0.4, -0.2) is 38.0 Å². The summed E-state index contributed by atoms with van der Waals surface area (Å²) in [6.45, 7) is 6.03. The predicted octanol–water partition coefficient (Wildman–Crippen LogP) is 5.18. The van der Waals surface area contributed by atoms with Gasteiger partial charge in [0, 0.05) is 35.2 Å². The van der Waals surface area contributed by atoms with Gasteiger partial charge in [0.1, 0.15) is 5.75 Å². The zero-order chi connectivity index (χ0) is 22.8. The summed E-state index contributed by atoms with van der Waals surface area (Å²) in [6, 6.07) is 17.9. The molecule has 4 rings (SSSR count). The van der Waals surface area contributed by atoms with Gasteiger partial charge < -0.3 is 9.30 Å². The molecular formula is C25H26N4O2S. The Morgan fingerprint density at radius 3 is 2.28 bits per heavy atom. The normalized spacial score (nSPS) is 11.0. The van der Waals surface area contributed by atoms with Crippen molar-refractivity contribution in [2.24, 2.45) is 7.05 Å². The van der Waals surface area contributed by atoms with Crippen LogP contribution in [0.15, 0.2) is 59.8 Å². The Labute approximate surface area is 192 Å². The SMILES string of the molecule is COc1ccc(-c2nnc(SCC(=O)c3cc(C)n(C)c3C)n2-c2ccc(C)cc2)cc1. The van der Waals surface area contributed by atoms with Gasteiger partial charge in [-0.05, 0) is 63.2 Å². The number of Topliss-reactive ketones (excluding diaryl/α,β-unsaturated/α-hetero) is 1. The first-order valence-corrected chi connectivity index (χ1v) is 11.3. The van der Waals surface area contributed by atoms with E-state index in [-0.39, 0.29) is 11.5 Å². The third-order valence-electron chi connectivity index (χ3n) is 5.68. The molecule has 164 valence electrons. The van der Waals surface area contributed by atoms with Crippen molar-refractivity contribution in [3.63, 3.8) is 0 Å². The van der Waals surface area contributed by atoms with Crippen LogP contribution >= 0.6 is 11.8 Å². The highest BCUT2D eigenvalue weighted by Crippen LogP contribution is 2.30. The molecule has 0 fully saturated rings. The van der Waals surface area contributed by atoms with Crippen molar-refractivity contribution in [3.8, 4) is 22.8 Å². The molecule has 0 bridgehead atoms. The van der Waals surface area contributed by atoms with E-state index in [2.05, 4.69) is 29.3 Å². The van der Waals surface area contributed by atoms with E-state index in [9.17, 15) is 4.79 Å². The zero-order valence-electron chi connectivity index (χ0n) is 18.9. The van der Waals surface area contributed by atoms with Crippen molar-refractivity contribution < 1.29 is 9.53 Å². The van der Waals surface area contributed by atoms with Crippen molar-refractivity contribution >= 4 is 17.5 Å². The number of hydrogen-bond donors (Lipinski definition) is 0. The maximum Gasteiger partial charge on any atom is 0.196 e. The Morgan fingerprint density at radius 1 is 1.00 bits per heavy atom. The van der Waals surface area contributed by atoms with Gasteiger partial charge in [0.15, 0.2) is 16.8 Å². The lowest BCUT2D eigenvalue weighted by atomic mass is 10.2. The number of nitrogens with zero attached hydrogens (tertiary/aromatic N) is 4. The first-order chi connectivity index (χ1) is 15.4. The number of hydrogen-bond acceptors (Lipinski definition) is 5. The van der Waals surface area contributed by atoms with Gasteiger partial charge in [-0.3, -0.25) is 9.36 Å². The molecule has 6 nitrogen and oxygen atoms in total. The Bertz CT molecular complexity index is 1250. The molecule has 0 radical (unpaired) electrons. The standard InChI is InChI=1S/C25H26N4O2S/c1-16-6-10-20(11-7-16)29-24(19-8-12-21(31-5)13-9-19)26-27-25(29)32-15-23(30)22-14-17(2)28(4)18(22)3/h6-14H,15H2,1-5H3. The van der Waals surface area contributed by atoms with Crippen LogP contribution in [-0.2, 0) is 7.05 Å². The largest absolute Gasteiger partial charge is 0.497 e. The summed E-state index contributed by atoms with van der Waals surface area (Å²) in [5.41, 5.74) is 5.86. The number of ether oxygens (including phenoxy) is 1. The number of rotatable bonds is 7. The maximum absolute atomic E-state index is 12.9. The molecule has 7 heteroatoms. The van der Waals surface area contributed by atoms with E-state index in [1.165, 1.54) is 17.3 Å². The van der Waals surface area contributed by atoms with Gasteiger partial charge in [0.05, 0.1) is 12.9 Å². The highest BCUT2D eigenvalue weighted by molar-refractivity contribution is 7.99. The summed E-state index contributed by atoms with van der Waals surface area (Å²) >= 11 is 1.40. The lowest BCUT2D eigenvalue weighted by Gasteiger charge is -2.11. The highest BCUT2D eigenvalue weighted by atomic mass is 32.2. The third-order valence-corrected chi connectivity index (χ3v) is 6.61. The first-order valence-electron chi connectivity index (χ1n) is 10.3. The molecule has 2 heterocycles. The minimum absolute atomic E-state index is 0.0839. The van der Waals surface area contributed by atoms with Gasteiger partial charge in [-0.1, -0.05) is 29.5 Å². The third kappa shape index (κ3) is 4.21. The van der Waals surface area contributed by atoms with E-state index in [4.69, 9.17) is 4.74 Å². The van der Waals surface area contributed by atoms with E-state index >= 15 is 0 Å². The number of thioether (sulfide) groups is 1. The highest BCUT2D eigenvalue weighted by Gasteiger charge is 2.19. The molecule has 0 N–H and O–H groups in total. The quantitative estimate of drug-likeness (QED) is 0.289. The predicted molar refractivity (Wildman–Crippen MR) is 128 cm³/mol. The van der Waals surface area contributed by atoms with Gasteiger partial charge in [-0.25, -0.2) is 0 Å². The fraction of sp³-hybridized carbons (Fsp3) is 0.240. The summed E-state index contributed by atoms with van der Waals surface area (Å²) < 4.78 is 9.32. The van der Waals surface area contributed by atoms with Gasteiger partial charge in [0.2, 0.25) is 0 Å². The van der Waals surface area contributed by atoms with Crippen LogP contribution in [0.25, 0.3) is 17.1 Å². The van der Waals surface area contributed by atoms with Crippen molar-refractivity contribution in [1.29, 1.82) is 0 Å². The van der Waals surface area contributed by atoms with Crippen LogP contribution in [0.5, 0.6) is 5.75 Å². The van der Waals surface area contributed by atoms with E-state index in [0.29, 0.717) is 5.16 Å². The number of methoxy groups -OCH3 is 1. The first kappa shape index (κ1) is 21.9. The second-order valence-electron chi connectivity index (χ2n) is 7.76. The van der Waals surface area contributed by atoms with Crippen LogP contribution in [0.3, 0.4) is 0 Å². The molecule has 0 aliphatic rings. The van der Waals surface area contributed by atoms with E-state index in [1.807, 2.05) is 72.5 Å². The molecule has 0 saturated heterocycles. The Kier molecular flexibility index (Phi) is 6.19. The number of ketones is 1. The second-order valence-corrected chi connectivity index (χ2v) is 8.70. The number of carbonyl (C=O) groups is 1. The van der Waals surface area contributed by atoms with Crippen LogP contribution in [0.1, 0.15) is 27.3 Å². The van der Waals surface area contributed by atoms with Crippen molar-refractivity contribution in [3.05, 3.63) is 77.1 Å². The molecule has 0 aliphatic heterocycles. The van der Waals surface area contributed by atoms with Gasteiger partial charge in [0.25, 0.3) is 0 Å². The van der Waals surface area contributed by atoms with Gasteiger partial charge in [-0.2, -0.15) is 0 Å². The minimum Gasteiger partial charge on any atom is -0.497 e. The minimum atomic E-state index is 0.0839. The lowest BCUT2D eigenvalue weighted by molar-refractivity contribution is 0.102.